The zero-order chi connectivity index (χ0) is 11.1. The van der Waals surface area contributed by atoms with Gasteiger partial charge in [-0.15, -0.1) is 0 Å². The first-order valence-corrected chi connectivity index (χ1v) is 5.61. The summed E-state index contributed by atoms with van der Waals surface area (Å²) in [6.07, 6.45) is 1.65. The topological polar surface area (TPSA) is 52.4 Å². The van der Waals surface area contributed by atoms with E-state index in [9.17, 15) is 10.1 Å². The standard InChI is InChI=1S/C12H13NO3/c14-13(15)12-10-7-6-9(16-10)11(12)8-4-2-1-3-5-8/h1-5,9-12H,6-7H2. The van der Waals surface area contributed by atoms with E-state index in [-0.39, 0.29) is 23.0 Å². The molecule has 0 radical (unpaired) electrons. The van der Waals surface area contributed by atoms with Gasteiger partial charge in [0.15, 0.2) is 0 Å². The number of nitrogens with zero attached hydrogens (tertiary/aromatic N) is 1. The lowest BCUT2D eigenvalue weighted by Gasteiger charge is -2.21. The second-order valence-corrected chi connectivity index (χ2v) is 4.50. The van der Waals surface area contributed by atoms with Crippen LogP contribution in [0.15, 0.2) is 30.3 Å². The van der Waals surface area contributed by atoms with Crippen molar-refractivity contribution >= 4 is 0 Å². The summed E-state index contributed by atoms with van der Waals surface area (Å²) in [5.74, 6) is -0.0602. The van der Waals surface area contributed by atoms with Gasteiger partial charge in [-0.1, -0.05) is 30.3 Å². The van der Waals surface area contributed by atoms with Crippen molar-refractivity contribution in [2.75, 3.05) is 0 Å². The first kappa shape index (κ1) is 9.78. The number of fused-ring (bicyclic) bond motifs is 2. The van der Waals surface area contributed by atoms with Crippen LogP contribution in [0.3, 0.4) is 0 Å². The van der Waals surface area contributed by atoms with Crippen LogP contribution in [0.1, 0.15) is 24.3 Å². The highest BCUT2D eigenvalue weighted by molar-refractivity contribution is 5.25. The Kier molecular flexibility index (Phi) is 2.17. The van der Waals surface area contributed by atoms with Crippen molar-refractivity contribution in [3.8, 4) is 0 Å². The first-order valence-electron chi connectivity index (χ1n) is 5.61. The largest absolute Gasteiger partial charge is 0.367 e. The third-order valence-electron chi connectivity index (χ3n) is 3.66. The SMILES string of the molecule is O=[N+]([O-])C1C2CCC(O2)C1c1ccccc1. The molecule has 1 aromatic rings. The second-order valence-electron chi connectivity index (χ2n) is 4.50. The first-order chi connectivity index (χ1) is 7.77. The number of hydrogen-bond acceptors (Lipinski definition) is 3. The molecule has 2 aliphatic rings. The van der Waals surface area contributed by atoms with Crippen molar-refractivity contribution in [3.05, 3.63) is 46.0 Å². The van der Waals surface area contributed by atoms with Gasteiger partial charge in [-0.3, -0.25) is 10.1 Å². The minimum atomic E-state index is -0.554. The lowest BCUT2D eigenvalue weighted by Crippen LogP contribution is -2.37. The lowest BCUT2D eigenvalue weighted by atomic mass is 9.80. The van der Waals surface area contributed by atoms with Crippen molar-refractivity contribution < 1.29 is 9.66 Å². The molecule has 2 saturated heterocycles. The van der Waals surface area contributed by atoms with Gasteiger partial charge in [0.05, 0.1) is 12.0 Å². The van der Waals surface area contributed by atoms with E-state index < -0.39 is 6.04 Å². The predicted octanol–water partition coefficient (Wildman–Crippen LogP) is 1.98. The van der Waals surface area contributed by atoms with Crippen molar-refractivity contribution in [1.29, 1.82) is 0 Å². The van der Waals surface area contributed by atoms with Crippen LogP contribution in [0.2, 0.25) is 0 Å². The Morgan fingerprint density at radius 3 is 2.56 bits per heavy atom. The summed E-state index contributed by atoms with van der Waals surface area (Å²) in [7, 11) is 0. The van der Waals surface area contributed by atoms with Gasteiger partial charge in [0.1, 0.15) is 6.10 Å². The van der Waals surface area contributed by atoms with Crippen molar-refractivity contribution in [3.63, 3.8) is 0 Å². The molecule has 4 nitrogen and oxygen atoms in total. The molecule has 0 aliphatic carbocycles. The molecule has 2 aliphatic heterocycles. The highest BCUT2D eigenvalue weighted by Gasteiger charge is 2.56. The number of nitro groups is 1. The third-order valence-corrected chi connectivity index (χ3v) is 3.66. The fourth-order valence-electron chi connectivity index (χ4n) is 3.01. The molecular formula is C12H13NO3. The van der Waals surface area contributed by atoms with E-state index in [1.807, 2.05) is 30.3 Å². The summed E-state index contributed by atoms with van der Waals surface area (Å²) in [5.41, 5.74) is 1.04. The Morgan fingerprint density at radius 2 is 1.88 bits per heavy atom. The van der Waals surface area contributed by atoms with Crippen LogP contribution in [0.25, 0.3) is 0 Å². The molecule has 16 heavy (non-hydrogen) atoms. The third kappa shape index (κ3) is 1.33. The molecule has 4 atom stereocenters. The number of rotatable bonds is 2. The Labute approximate surface area is 93.4 Å². The molecule has 2 fully saturated rings. The van der Waals surface area contributed by atoms with Gasteiger partial charge in [0.25, 0.3) is 0 Å². The van der Waals surface area contributed by atoms with Crippen LogP contribution in [-0.4, -0.2) is 23.2 Å². The van der Waals surface area contributed by atoms with E-state index in [0.29, 0.717) is 0 Å². The molecule has 0 saturated carbocycles. The maximum atomic E-state index is 11.1. The zero-order valence-electron chi connectivity index (χ0n) is 8.78. The molecule has 2 heterocycles. The molecular weight excluding hydrogens is 206 g/mol. The van der Waals surface area contributed by atoms with E-state index in [1.165, 1.54) is 0 Å². The number of benzene rings is 1. The quantitative estimate of drug-likeness (QED) is 0.564. The van der Waals surface area contributed by atoms with E-state index in [1.54, 1.807) is 0 Å². The minimum absolute atomic E-state index is 0.0443. The van der Waals surface area contributed by atoms with Gasteiger partial charge >= 0.3 is 0 Å². The van der Waals surface area contributed by atoms with E-state index >= 15 is 0 Å². The summed E-state index contributed by atoms with van der Waals surface area (Å²) in [5, 5.41) is 11.1. The minimum Gasteiger partial charge on any atom is -0.367 e. The second kappa shape index (κ2) is 3.56. The molecule has 3 rings (SSSR count). The van der Waals surface area contributed by atoms with Gasteiger partial charge in [0, 0.05) is 4.92 Å². The van der Waals surface area contributed by atoms with E-state index in [0.717, 1.165) is 18.4 Å². The molecule has 0 aromatic heterocycles. The monoisotopic (exact) mass is 219 g/mol. The highest BCUT2D eigenvalue weighted by Crippen LogP contribution is 2.45. The summed E-state index contributed by atoms with van der Waals surface area (Å²) in [4.78, 5) is 10.9. The van der Waals surface area contributed by atoms with Crippen molar-refractivity contribution in [2.24, 2.45) is 0 Å². The number of ether oxygens (including phenoxy) is 1. The van der Waals surface area contributed by atoms with Crippen LogP contribution >= 0.6 is 0 Å². The van der Waals surface area contributed by atoms with E-state index in [2.05, 4.69) is 0 Å². The summed E-state index contributed by atoms with van der Waals surface area (Å²) < 4.78 is 5.67. The number of hydrogen-bond donors (Lipinski definition) is 0. The van der Waals surface area contributed by atoms with Crippen LogP contribution in [-0.2, 0) is 4.74 Å². The maximum absolute atomic E-state index is 11.1. The lowest BCUT2D eigenvalue weighted by molar-refractivity contribution is -0.530. The van der Waals surface area contributed by atoms with Crippen LogP contribution in [0.4, 0.5) is 0 Å². The van der Waals surface area contributed by atoms with Gasteiger partial charge in [-0.2, -0.15) is 0 Å². The zero-order valence-corrected chi connectivity index (χ0v) is 8.78. The molecule has 2 bridgehead atoms. The van der Waals surface area contributed by atoms with Crippen molar-refractivity contribution in [2.45, 2.75) is 37.0 Å². The van der Waals surface area contributed by atoms with Crippen molar-refractivity contribution in [1.82, 2.24) is 0 Å². The maximum Gasteiger partial charge on any atom is 0.248 e. The molecule has 4 unspecified atom stereocenters. The highest BCUT2D eigenvalue weighted by atomic mass is 16.6. The van der Waals surface area contributed by atoms with E-state index in [4.69, 9.17) is 4.74 Å². The molecule has 84 valence electrons. The average molecular weight is 219 g/mol. The molecule has 0 spiro atoms. The fourth-order valence-corrected chi connectivity index (χ4v) is 3.01. The normalized spacial score (nSPS) is 36.5. The molecule has 4 heteroatoms. The molecule has 0 N–H and O–H groups in total. The smallest absolute Gasteiger partial charge is 0.248 e. The van der Waals surface area contributed by atoms with Gasteiger partial charge in [-0.25, -0.2) is 0 Å². The molecule has 1 aromatic carbocycles. The average Bonchev–Trinajstić information content (AvgIpc) is 2.89. The Morgan fingerprint density at radius 1 is 1.19 bits per heavy atom. The fraction of sp³-hybridized carbons (Fsp3) is 0.500. The van der Waals surface area contributed by atoms with Gasteiger partial charge in [0.2, 0.25) is 6.04 Å². The van der Waals surface area contributed by atoms with Gasteiger partial charge < -0.3 is 4.74 Å². The summed E-state index contributed by atoms with van der Waals surface area (Å²) in [6, 6.07) is 9.16. The summed E-state index contributed by atoms with van der Waals surface area (Å²) >= 11 is 0. The predicted molar refractivity (Wildman–Crippen MR) is 57.9 cm³/mol. The Bertz CT molecular complexity index is 406. The molecule has 0 amide bonds. The Hall–Kier alpha value is -1.42. The van der Waals surface area contributed by atoms with Crippen LogP contribution in [0.5, 0.6) is 0 Å². The van der Waals surface area contributed by atoms with Crippen LogP contribution in [0, 0.1) is 10.1 Å². The summed E-state index contributed by atoms with van der Waals surface area (Å²) in [6.45, 7) is 0. The van der Waals surface area contributed by atoms with Gasteiger partial charge in [-0.05, 0) is 18.4 Å². The van der Waals surface area contributed by atoms with Crippen LogP contribution < -0.4 is 0 Å². The Balaban J connectivity index is 1.97.